The summed E-state index contributed by atoms with van der Waals surface area (Å²) < 4.78 is 13.2. The Morgan fingerprint density at radius 1 is 1.60 bits per heavy atom. The third-order valence-corrected chi connectivity index (χ3v) is 1.19. The number of phosphoric acid groups is 1. The molecule has 0 spiro atoms. The second-order valence-electron chi connectivity index (χ2n) is 1.51. The van der Waals surface area contributed by atoms with Gasteiger partial charge in [-0.2, -0.15) is 0 Å². The second-order valence-corrected chi connectivity index (χ2v) is 2.62. The van der Waals surface area contributed by atoms with Gasteiger partial charge in [-0.3, -0.25) is 0 Å². The molecule has 0 rings (SSSR count). The quantitative estimate of drug-likeness (QED) is 0.413. The Morgan fingerprint density at radius 3 is 2.10 bits per heavy atom. The summed E-state index contributed by atoms with van der Waals surface area (Å²) in [7, 11) is -5.20. The van der Waals surface area contributed by atoms with Gasteiger partial charge in [0.15, 0.2) is 0 Å². The minimum absolute atomic E-state index is 0.887. The third-order valence-electron chi connectivity index (χ3n) is 0.619. The molecule has 7 heteroatoms. The molecule has 0 radical (unpaired) electrons. The first-order valence-electron chi connectivity index (χ1n) is 2.24. The van der Waals surface area contributed by atoms with Crippen molar-refractivity contribution in [3.63, 3.8) is 0 Å². The maximum atomic E-state index is 9.74. The van der Waals surface area contributed by atoms with Gasteiger partial charge < -0.3 is 28.8 Å². The van der Waals surface area contributed by atoms with E-state index >= 15 is 0 Å². The van der Waals surface area contributed by atoms with Crippen molar-refractivity contribution in [1.29, 1.82) is 0 Å². The van der Waals surface area contributed by atoms with Crippen molar-refractivity contribution in [2.45, 2.75) is 13.0 Å². The van der Waals surface area contributed by atoms with Crippen molar-refractivity contribution in [2.75, 3.05) is 0 Å². The Balaban J connectivity index is 3.93. The lowest BCUT2D eigenvalue weighted by Crippen LogP contribution is -2.37. The van der Waals surface area contributed by atoms with Crippen LogP contribution in [0, 0.1) is 0 Å². The average molecular weight is 167 g/mol. The zero-order valence-electron chi connectivity index (χ0n) is 4.97. The van der Waals surface area contributed by atoms with Crippen molar-refractivity contribution >= 4 is 13.8 Å². The van der Waals surface area contributed by atoms with Crippen LogP contribution in [0.2, 0.25) is 0 Å². The van der Waals surface area contributed by atoms with Crippen LogP contribution in [-0.2, 0) is 13.9 Å². The number of aliphatic carboxylic acids is 1. The fourth-order valence-electron chi connectivity index (χ4n) is 0.237. The summed E-state index contributed by atoms with van der Waals surface area (Å²) in [5, 5.41) is 9.74. The van der Waals surface area contributed by atoms with E-state index in [1.165, 1.54) is 0 Å². The smallest absolute Gasteiger partial charge is 0.0992 e. The Kier molecular flexibility index (Phi) is 2.98. The molecule has 1 unspecified atom stereocenters. The summed E-state index contributed by atoms with van der Waals surface area (Å²) in [5.74, 6) is -1.74. The number of carboxylic acid groups (broad SMARTS) is 1. The molecule has 6 nitrogen and oxygen atoms in total. The molecule has 0 saturated heterocycles. The van der Waals surface area contributed by atoms with E-state index in [0.717, 1.165) is 6.92 Å². The van der Waals surface area contributed by atoms with E-state index < -0.39 is 19.9 Å². The van der Waals surface area contributed by atoms with Crippen LogP contribution in [0.25, 0.3) is 0 Å². The highest BCUT2D eigenvalue weighted by Crippen LogP contribution is 2.26. The average Bonchev–Trinajstić information content (AvgIpc) is 1.60. The number of hydrogen-bond donors (Lipinski definition) is 0. The van der Waals surface area contributed by atoms with Crippen LogP contribution in [0.15, 0.2) is 0 Å². The summed E-state index contributed by atoms with van der Waals surface area (Å²) in [4.78, 5) is 29.2. The van der Waals surface area contributed by atoms with Gasteiger partial charge in [0.2, 0.25) is 0 Å². The Morgan fingerprint density at radius 2 is 2.00 bits per heavy atom. The third kappa shape index (κ3) is 4.46. The number of carbonyl (C=O) groups excluding carboxylic acids is 1. The second kappa shape index (κ2) is 3.12. The van der Waals surface area contributed by atoms with E-state index in [0.29, 0.717) is 0 Å². The lowest BCUT2D eigenvalue weighted by atomic mass is 10.4. The zero-order chi connectivity index (χ0) is 8.36. The Bertz CT molecular complexity index is 170. The van der Waals surface area contributed by atoms with Gasteiger partial charge in [-0.1, -0.05) is 0 Å². The first-order chi connectivity index (χ1) is 4.33. The minimum Gasteiger partial charge on any atom is -0.790 e. The monoisotopic (exact) mass is 167 g/mol. The van der Waals surface area contributed by atoms with E-state index in [1.54, 1.807) is 0 Å². The molecule has 0 fully saturated rings. The number of rotatable bonds is 3. The van der Waals surface area contributed by atoms with Crippen molar-refractivity contribution < 1.29 is 28.8 Å². The predicted molar refractivity (Wildman–Crippen MR) is 23.2 cm³/mol. The number of phosphoric ester groups is 1. The first kappa shape index (κ1) is 9.58. The maximum Gasteiger partial charge on any atom is 0.0992 e. The van der Waals surface area contributed by atoms with Gasteiger partial charge in [0, 0.05) is 0 Å². The highest BCUT2D eigenvalue weighted by atomic mass is 31.2. The van der Waals surface area contributed by atoms with E-state index in [1.807, 2.05) is 0 Å². The van der Waals surface area contributed by atoms with Gasteiger partial charge in [0.25, 0.3) is 0 Å². The van der Waals surface area contributed by atoms with Gasteiger partial charge in [0.1, 0.15) is 0 Å². The standard InChI is InChI=1S/C3H7O6P/c1-2(3(4)5)9-10(6,7)8/h2H,1H3,(H,4,5)(H2,6,7,8)/p-3. The van der Waals surface area contributed by atoms with Gasteiger partial charge in [-0.15, -0.1) is 0 Å². The molecule has 0 bridgehead atoms. The largest absolute Gasteiger partial charge is 0.790 e. The van der Waals surface area contributed by atoms with Crippen LogP contribution in [0.3, 0.4) is 0 Å². The summed E-state index contributed by atoms with van der Waals surface area (Å²) in [6.45, 7) is 0.887. The molecule has 0 aromatic heterocycles. The SMILES string of the molecule is CC(OP(=O)([O-])[O-])C(=O)[O-]. The lowest BCUT2D eigenvalue weighted by molar-refractivity contribution is -0.352. The molecule has 0 aliphatic heterocycles. The molecule has 0 aromatic rings. The van der Waals surface area contributed by atoms with Crippen LogP contribution in [-0.4, -0.2) is 12.1 Å². The molecule has 0 N–H and O–H groups in total. The molecule has 0 aromatic carbocycles. The maximum absolute atomic E-state index is 9.74. The van der Waals surface area contributed by atoms with Gasteiger partial charge in [-0.25, -0.2) is 0 Å². The minimum atomic E-state index is -5.20. The molecule has 10 heavy (non-hydrogen) atoms. The summed E-state index contributed by atoms with van der Waals surface area (Å²) in [5.41, 5.74) is 0. The molecule has 0 amide bonds. The molecular weight excluding hydrogens is 163 g/mol. The Labute approximate surface area is 56.7 Å². The van der Waals surface area contributed by atoms with Crippen LogP contribution in [0.5, 0.6) is 0 Å². The van der Waals surface area contributed by atoms with Crippen molar-refractivity contribution in [3.8, 4) is 0 Å². The molecule has 0 aliphatic carbocycles. The van der Waals surface area contributed by atoms with Gasteiger partial charge >= 0.3 is 0 Å². The van der Waals surface area contributed by atoms with Gasteiger partial charge in [0.05, 0.1) is 19.9 Å². The number of carbonyl (C=O) groups is 1. The van der Waals surface area contributed by atoms with Crippen molar-refractivity contribution in [3.05, 3.63) is 0 Å². The topological polar surface area (TPSA) is 113 Å². The molecule has 0 heterocycles. The van der Waals surface area contributed by atoms with Gasteiger partial charge in [-0.05, 0) is 6.92 Å². The van der Waals surface area contributed by atoms with Crippen molar-refractivity contribution in [1.82, 2.24) is 0 Å². The summed E-state index contributed by atoms with van der Waals surface area (Å²) >= 11 is 0. The molecule has 1 atom stereocenters. The first-order valence-corrected chi connectivity index (χ1v) is 3.70. The Hall–Kier alpha value is -0.420. The van der Waals surface area contributed by atoms with E-state index in [2.05, 4.69) is 4.52 Å². The van der Waals surface area contributed by atoms with Crippen LogP contribution in [0.4, 0.5) is 0 Å². The lowest BCUT2D eigenvalue weighted by Gasteiger charge is -2.32. The molecule has 0 aliphatic rings. The highest BCUT2D eigenvalue weighted by molar-refractivity contribution is 7.43. The number of carboxylic acids is 1. The predicted octanol–water partition coefficient (Wildman–Crippen LogP) is -3.03. The van der Waals surface area contributed by atoms with Crippen molar-refractivity contribution in [2.24, 2.45) is 0 Å². The van der Waals surface area contributed by atoms with E-state index in [4.69, 9.17) is 0 Å². The fourth-order valence-corrected chi connectivity index (χ4v) is 0.710. The number of hydrogen-bond acceptors (Lipinski definition) is 6. The zero-order valence-corrected chi connectivity index (χ0v) is 5.87. The van der Waals surface area contributed by atoms with Crippen LogP contribution in [0.1, 0.15) is 6.92 Å². The van der Waals surface area contributed by atoms with E-state index in [9.17, 15) is 24.3 Å². The molecular formula is C3H4O6P-3. The van der Waals surface area contributed by atoms with Crippen LogP contribution >= 0.6 is 7.82 Å². The van der Waals surface area contributed by atoms with Crippen LogP contribution < -0.4 is 14.9 Å². The molecule has 60 valence electrons. The highest BCUT2D eigenvalue weighted by Gasteiger charge is 2.03. The summed E-state index contributed by atoms with van der Waals surface area (Å²) in [6.07, 6.45) is -1.72. The van der Waals surface area contributed by atoms with E-state index in [-0.39, 0.29) is 0 Å². The fraction of sp³-hybridized carbons (Fsp3) is 0.667. The normalized spacial score (nSPS) is 14.7. The summed E-state index contributed by atoms with van der Waals surface area (Å²) in [6, 6.07) is 0. The molecule has 0 saturated carbocycles.